The zero-order chi connectivity index (χ0) is 40.1. The molecule has 0 amide bonds. The summed E-state index contributed by atoms with van der Waals surface area (Å²) in [5, 5.41) is 30.3. The number of para-hydroxylation sites is 1. The molecule has 9 rings (SSSR count). The third-order valence-corrected chi connectivity index (χ3v) is 10.1. The van der Waals surface area contributed by atoms with Crippen molar-refractivity contribution in [2.45, 2.75) is 0 Å². The lowest BCUT2D eigenvalue weighted by Crippen LogP contribution is -2.04. The Morgan fingerprint density at radius 3 is 1.57 bits per heavy atom. The molecule has 0 fully saturated rings. The lowest BCUT2D eigenvalue weighted by molar-refractivity contribution is 0.454. The normalized spacial score (nSPS) is 11.1. The molecule has 58 heavy (non-hydrogen) atoms. The van der Waals surface area contributed by atoms with Crippen molar-refractivity contribution < 1.29 is 17.6 Å². The number of pyridine rings is 1. The Kier molecular flexibility index (Phi) is 8.62. The van der Waals surface area contributed by atoms with Crippen molar-refractivity contribution in [1.29, 1.82) is 15.8 Å². The largest absolute Gasteiger partial charge is 0.247 e. The molecule has 0 atom stereocenters. The summed E-state index contributed by atoms with van der Waals surface area (Å²) in [6.07, 6.45) is 0. The first-order valence-electron chi connectivity index (χ1n) is 17.8. The van der Waals surface area contributed by atoms with Crippen LogP contribution in [0.25, 0.3) is 88.7 Å². The Morgan fingerprint density at radius 1 is 0.414 bits per heavy atom. The number of aromatic nitrogens is 3. The standard InChI is InChI=1S/C48H22F4N6/c49-40-36(25-55)41(50)43(52)38(42(40)51)31-9-6-10-32(21-31)44-35-22-34(28-7-2-1-3-8-28)47-48(39(35)33-11-4-5-12-37(33)56-44)58-46(30-19-15-27(24-54)16-20-30)45(57-47)29-17-13-26(23-53)14-18-29/h1-22H. The molecule has 2 heterocycles. The molecule has 0 aliphatic rings. The molecule has 2 aromatic heterocycles. The number of hydrogen-bond donors (Lipinski definition) is 0. The van der Waals surface area contributed by atoms with Crippen LogP contribution in [-0.4, -0.2) is 15.0 Å². The van der Waals surface area contributed by atoms with E-state index in [1.54, 1.807) is 42.5 Å². The van der Waals surface area contributed by atoms with Crippen LogP contribution in [0.1, 0.15) is 16.7 Å². The van der Waals surface area contributed by atoms with Crippen molar-refractivity contribution >= 4 is 32.7 Å². The van der Waals surface area contributed by atoms with E-state index in [2.05, 4.69) is 12.1 Å². The van der Waals surface area contributed by atoms with Gasteiger partial charge in [0.05, 0.1) is 62.5 Å². The number of fused-ring (bicyclic) bond motifs is 5. The summed E-state index contributed by atoms with van der Waals surface area (Å²) in [5.41, 5.74) is 4.81. The molecule has 272 valence electrons. The van der Waals surface area contributed by atoms with Gasteiger partial charge in [-0.3, -0.25) is 0 Å². The maximum absolute atomic E-state index is 15.4. The number of halogens is 4. The Balaban J connectivity index is 1.41. The van der Waals surface area contributed by atoms with Crippen LogP contribution < -0.4 is 0 Å². The fourth-order valence-corrected chi connectivity index (χ4v) is 7.30. The Bertz CT molecular complexity index is 3260. The van der Waals surface area contributed by atoms with Crippen molar-refractivity contribution in [3.63, 3.8) is 0 Å². The fraction of sp³-hybridized carbons (Fsp3) is 0. The monoisotopic (exact) mass is 758 g/mol. The maximum Gasteiger partial charge on any atom is 0.180 e. The van der Waals surface area contributed by atoms with Crippen LogP contribution in [0.2, 0.25) is 0 Å². The summed E-state index contributed by atoms with van der Waals surface area (Å²) < 4.78 is 60.5. The highest BCUT2D eigenvalue weighted by atomic mass is 19.2. The average Bonchev–Trinajstić information content (AvgIpc) is 3.28. The summed E-state index contributed by atoms with van der Waals surface area (Å²) in [4.78, 5) is 15.8. The van der Waals surface area contributed by atoms with E-state index in [4.69, 9.17) is 20.2 Å². The van der Waals surface area contributed by atoms with Crippen molar-refractivity contribution in [1.82, 2.24) is 15.0 Å². The summed E-state index contributed by atoms with van der Waals surface area (Å²) in [6.45, 7) is 0. The van der Waals surface area contributed by atoms with Crippen molar-refractivity contribution in [3.05, 3.63) is 173 Å². The average molecular weight is 759 g/mol. The van der Waals surface area contributed by atoms with Crippen molar-refractivity contribution in [3.8, 4) is 74.2 Å². The number of hydrogen-bond acceptors (Lipinski definition) is 6. The highest BCUT2D eigenvalue weighted by Gasteiger charge is 2.27. The molecule has 0 radical (unpaired) electrons. The van der Waals surface area contributed by atoms with Gasteiger partial charge in [-0.2, -0.15) is 15.8 Å². The van der Waals surface area contributed by atoms with Crippen LogP contribution in [0, 0.1) is 57.3 Å². The first kappa shape index (κ1) is 35.4. The summed E-state index contributed by atoms with van der Waals surface area (Å²) in [6, 6.07) is 44.4. The van der Waals surface area contributed by atoms with Gasteiger partial charge in [0.2, 0.25) is 0 Å². The van der Waals surface area contributed by atoms with Gasteiger partial charge in [0.15, 0.2) is 23.3 Å². The number of nitriles is 3. The molecule has 10 heteroatoms. The molecule has 9 aromatic rings. The first-order chi connectivity index (χ1) is 28.3. The molecule has 0 N–H and O–H groups in total. The van der Waals surface area contributed by atoms with E-state index in [0.29, 0.717) is 77.8 Å². The minimum Gasteiger partial charge on any atom is -0.247 e. The fourth-order valence-electron chi connectivity index (χ4n) is 7.30. The maximum atomic E-state index is 15.4. The summed E-state index contributed by atoms with van der Waals surface area (Å²) in [5.74, 6) is -6.95. The molecular weight excluding hydrogens is 737 g/mol. The van der Waals surface area contributed by atoms with Crippen LogP contribution in [-0.2, 0) is 0 Å². The highest BCUT2D eigenvalue weighted by molar-refractivity contribution is 6.24. The molecule has 0 unspecified atom stereocenters. The molecule has 0 bridgehead atoms. The van der Waals surface area contributed by atoms with E-state index in [1.165, 1.54) is 24.3 Å². The zero-order valence-corrected chi connectivity index (χ0v) is 29.9. The summed E-state index contributed by atoms with van der Waals surface area (Å²) in [7, 11) is 0. The second-order valence-electron chi connectivity index (χ2n) is 13.4. The van der Waals surface area contributed by atoms with E-state index >= 15 is 8.78 Å². The third kappa shape index (κ3) is 5.74. The van der Waals surface area contributed by atoms with Gasteiger partial charge < -0.3 is 0 Å². The molecule has 6 nitrogen and oxygen atoms in total. The molecule has 0 saturated heterocycles. The van der Waals surface area contributed by atoms with Gasteiger partial charge in [0.1, 0.15) is 11.6 Å². The van der Waals surface area contributed by atoms with Crippen LogP contribution in [0.3, 0.4) is 0 Å². The minimum absolute atomic E-state index is 0.170. The van der Waals surface area contributed by atoms with Crippen molar-refractivity contribution in [2.75, 3.05) is 0 Å². The van der Waals surface area contributed by atoms with Gasteiger partial charge in [0, 0.05) is 38.4 Å². The predicted molar refractivity (Wildman–Crippen MR) is 214 cm³/mol. The van der Waals surface area contributed by atoms with E-state index in [0.717, 1.165) is 10.9 Å². The topological polar surface area (TPSA) is 110 Å². The lowest BCUT2D eigenvalue weighted by Gasteiger charge is -2.18. The Labute approximate surface area is 327 Å². The Hall–Kier alpha value is -8.26. The van der Waals surface area contributed by atoms with Gasteiger partial charge >= 0.3 is 0 Å². The van der Waals surface area contributed by atoms with Gasteiger partial charge in [-0.15, -0.1) is 0 Å². The molecule has 0 aliphatic heterocycles. The van der Waals surface area contributed by atoms with Crippen LogP contribution in [0.5, 0.6) is 0 Å². The van der Waals surface area contributed by atoms with E-state index in [1.807, 2.05) is 72.8 Å². The van der Waals surface area contributed by atoms with Gasteiger partial charge in [0.25, 0.3) is 0 Å². The van der Waals surface area contributed by atoms with E-state index in [9.17, 15) is 19.3 Å². The Morgan fingerprint density at radius 2 is 0.966 bits per heavy atom. The van der Waals surface area contributed by atoms with Gasteiger partial charge in [-0.1, -0.05) is 91.0 Å². The smallest absolute Gasteiger partial charge is 0.180 e. The first-order valence-corrected chi connectivity index (χ1v) is 17.8. The number of nitrogens with zero attached hydrogens (tertiary/aromatic N) is 6. The summed E-state index contributed by atoms with van der Waals surface area (Å²) >= 11 is 0. The quantitative estimate of drug-likeness (QED) is 0.0982. The number of benzene rings is 7. The second kappa shape index (κ2) is 14.1. The van der Waals surface area contributed by atoms with Gasteiger partial charge in [-0.05, 0) is 53.6 Å². The SMILES string of the molecule is N#Cc1ccc(-c2nc3c(-c4ccccc4)cc4c(-c5cccc(-c6c(F)c(F)c(C#N)c(F)c6F)c5)nc5ccccc5c4c3nc2-c2ccc(C#N)cc2)cc1. The third-order valence-electron chi connectivity index (χ3n) is 10.1. The number of rotatable bonds is 5. The highest BCUT2D eigenvalue weighted by Crippen LogP contribution is 2.44. The molecule has 0 spiro atoms. The molecule has 0 aliphatic carbocycles. The van der Waals surface area contributed by atoms with Crippen LogP contribution >= 0.6 is 0 Å². The van der Waals surface area contributed by atoms with Crippen molar-refractivity contribution in [2.24, 2.45) is 0 Å². The second-order valence-corrected chi connectivity index (χ2v) is 13.4. The van der Waals surface area contributed by atoms with E-state index in [-0.39, 0.29) is 5.56 Å². The lowest BCUT2D eigenvalue weighted by atomic mass is 9.92. The van der Waals surface area contributed by atoms with Crippen LogP contribution in [0.15, 0.2) is 133 Å². The molecule has 0 saturated carbocycles. The molecule has 7 aromatic carbocycles. The minimum atomic E-state index is -1.79. The molecular formula is C48H22F4N6. The predicted octanol–water partition coefficient (Wildman–Crippen LogP) is 11.8. The zero-order valence-electron chi connectivity index (χ0n) is 29.9. The van der Waals surface area contributed by atoms with Gasteiger partial charge in [-0.25, -0.2) is 32.5 Å². The van der Waals surface area contributed by atoms with E-state index < -0.39 is 34.4 Å². The van der Waals surface area contributed by atoms with Crippen LogP contribution in [0.4, 0.5) is 17.6 Å².